The molecule has 0 radical (unpaired) electrons. The largest absolute Gasteiger partial charge is 0.323 e. The SMILES string of the molecule is Cl.O=C(CC1(C(=O)Nc2cn[nH]c2)CCNC1)Nc1cn[nH]c1. The van der Waals surface area contributed by atoms with Gasteiger partial charge in [-0.3, -0.25) is 19.8 Å². The van der Waals surface area contributed by atoms with Gasteiger partial charge in [-0.25, -0.2) is 0 Å². The quantitative estimate of drug-likeness (QED) is 0.542. The normalized spacial score (nSPS) is 19.8. The number of anilines is 2. The predicted octanol–water partition coefficient (Wildman–Crippen LogP) is 0.502. The van der Waals surface area contributed by atoms with Gasteiger partial charge in [0, 0.05) is 25.4 Å². The van der Waals surface area contributed by atoms with Crippen LogP contribution in [-0.2, 0) is 9.59 Å². The van der Waals surface area contributed by atoms with Gasteiger partial charge in [0.05, 0.1) is 29.2 Å². The zero-order valence-electron chi connectivity index (χ0n) is 12.3. The molecule has 1 aliphatic heterocycles. The number of rotatable bonds is 5. The van der Waals surface area contributed by atoms with Crippen molar-refractivity contribution in [2.75, 3.05) is 23.7 Å². The van der Waals surface area contributed by atoms with Crippen LogP contribution in [0.5, 0.6) is 0 Å². The maximum atomic E-state index is 12.6. The van der Waals surface area contributed by atoms with E-state index >= 15 is 0 Å². The number of halogens is 1. The molecule has 0 saturated carbocycles. The number of aromatic amines is 2. The predicted molar refractivity (Wildman–Crippen MR) is 86.2 cm³/mol. The van der Waals surface area contributed by atoms with Gasteiger partial charge in [0.25, 0.3) is 0 Å². The lowest BCUT2D eigenvalue weighted by molar-refractivity contribution is -0.129. The van der Waals surface area contributed by atoms with E-state index in [9.17, 15) is 9.59 Å². The third-order valence-electron chi connectivity index (χ3n) is 3.76. The van der Waals surface area contributed by atoms with Gasteiger partial charge in [-0.2, -0.15) is 10.2 Å². The van der Waals surface area contributed by atoms with Crippen LogP contribution < -0.4 is 16.0 Å². The van der Waals surface area contributed by atoms with E-state index in [-0.39, 0.29) is 30.6 Å². The molecule has 2 aromatic heterocycles. The molecule has 124 valence electrons. The van der Waals surface area contributed by atoms with Crippen LogP contribution in [0.25, 0.3) is 0 Å². The van der Waals surface area contributed by atoms with Crippen molar-refractivity contribution in [1.29, 1.82) is 0 Å². The first-order valence-electron chi connectivity index (χ1n) is 6.98. The number of carbonyl (C=O) groups is 2. The highest BCUT2D eigenvalue weighted by Gasteiger charge is 2.43. The average Bonchev–Trinajstić information content (AvgIpc) is 3.20. The lowest BCUT2D eigenvalue weighted by Crippen LogP contribution is -2.41. The highest BCUT2D eigenvalue weighted by atomic mass is 35.5. The summed E-state index contributed by atoms with van der Waals surface area (Å²) in [7, 11) is 0. The molecule has 1 aliphatic rings. The summed E-state index contributed by atoms with van der Waals surface area (Å²) in [4.78, 5) is 24.8. The van der Waals surface area contributed by atoms with E-state index in [1.807, 2.05) is 0 Å². The summed E-state index contributed by atoms with van der Waals surface area (Å²) in [5, 5.41) is 21.5. The summed E-state index contributed by atoms with van der Waals surface area (Å²) >= 11 is 0. The molecule has 5 N–H and O–H groups in total. The fraction of sp³-hybridized carbons (Fsp3) is 0.385. The van der Waals surface area contributed by atoms with Gasteiger partial charge in [-0.1, -0.05) is 0 Å². The number of hydrogen-bond donors (Lipinski definition) is 5. The molecule has 23 heavy (non-hydrogen) atoms. The van der Waals surface area contributed by atoms with Crippen LogP contribution in [-0.4, -0.2) is 45.3 Å². The number of amides is 2. The number of nitrogens with zero attached hydrogens (tertiary/aromatic N) is 2. The molecule has 0 spiro atoms. The second-order valence-electron chi connectivity index (χ2n) is 5.36. The molecule has 9 nitrogen and oxygen atoms in total. The van der Waals surface area contributed by atoms with Crippen molar-refractivity contribution in [1.82, 2.24) is 25.7 Å². The summed E-state index contributed by atoms with van der Waals surface area (Å²) in [5.74, 6) is -0.395. The summed E-state index contributed by atoms with van der Waals surface area (Å²) in [6, 6.07) is 0. The van der Waals surface area contributed by atoms with Gasteiger partial charge >= 0.3 is 0 Å². The third kappa shape index (κ3) is 3.88. The molecule has 1 unspecified atom stereocenters. The van der Waals surface area contributed by atoms with Crippen molar-refractivity contribution < 1.29 is 9.59 Å². The van der Waals surface area contributed by atoms with Gasteiger partial charge in [-0.15, -0.1) is 12.4 Å². The van der Waals surface area contributed by atoms with Gasteiger partial charge in [0.1, 0.15) is 0 Å². The Morgan fingerprint density at radius 1 is 1.13 bits per heavy atom. The maximum absolute atomic E-state index is 12.6. The van der Waals surface area contributed by atoms with Gasteiger partial charge in [-0.05, 0) is 13.0 Å². The van der Waals surface area contributed by atoms with E-state index in [0.717, 1.165) is 0 Å². The fourth-order valence-corrected chi connectivity index (χ4v) is 2.58. The number of carbonyl (C=O) groups excluding carboxylic acids is 2. The molecule has 3 rings (SSSR count). The summed E-state index contributed by atoms with van der Waals surface area (Å²) in [6.45, 7) is 1.17. The molecule has 3 heterocycles. The lowest BCUT2D eigenvalue weighted by atomic mass is 9.82. The van der Waals surface area contributed by atoms with E-state index in [4.69, 9.17) is 0 Å². The Hall–Kier alpha value is -2.39. The zero-order chi connectivity index (χ0) is 15.4. The van der Waals surface area contributed by atoms with Crippen molar-refractivity contribution >= 4 is 35.6 Å². The number of aromatic nitrogens is 4. The van der Waals surface area contributed by atoms with E-state index in [1.165, 1.54) is 12.4 Å². The minimum Gasteiger partial charge on any atom is -0.323 e. The summed E-state index contributed by atoms with van der Waals surface area (Å²) in [6.07, 6.45) is 6.94. The van der Waals surface area contributed by atoms with Crippen molar-refractivity contribution in [3.05, 3.63) is 24.8 Å². The molecule has 10 heteroatoms. The van der Waals surface area contributed by atoms with Crippen molar-refractivity contribution in [3.8, 4) is 0 Å². The van der Waals surface area contributed by atoms with Gasteiger partial charge < -0.3 is 16.0 Å². The highest BCUT2D eigenvalue weighted by molar-refractivity contribution is 6.00. The molecule has 0 bridgehead atoms. The van der Waals surface area contributed by atoms with E-state index in [1.54, 1.807) is 12.4 Å². The first-order valence-corrected chi connectivity index (χ1v) is 6.98. The average molecular weight is 340 g/mol. The van der Waals surface area contributed by atoms with Crippen molar-refractivity contribution in [3.63, 3.8) is 0 Å². The first-order chi connectivity index (χ1) is 10.7. The standard InChI is InChI=1S/C13H17N7O2.ClH/c21-11(19-9-4-15-16-5-9)3-13(1-2-14-8-13)12(22)20-10-6-17-18-7-10;/h4-7,14H,1-3,8H2,(H,15,16)(H,17,18)(H,19,21)(H,20,22);1H. The fourth-order valence-electron chi connectivity index (χ4n) is 2.58. The Kier molecular flexibility index (Phi) is 5.35. The number of H-pyrrole nitrogens is 2. The monoisotopic (exact) mass is 339 g/mol. The Morgan fingerprint density at radius 2 is 1.78 bits per heavy atom. The molecule has 1 fully saturated rings. The molecular weight excluding hydrogens is 322 g/mol. The molecule has 1 atom stereocenters. The molecule has 1 saturated heterocycles. The molecule has 2 aromatic rings. The van der Waals surface area contributed by atoms with Crippen LogP contribution in [0.1, 0.15) is 12.8 Å². The van der Waals surface area contributed by atoms with Crippen molar-refractivity contribution in [2.45, 2.75) is 12.8 Å². The van der Waals surface area contributed by atoms with Crippen molar-refractivity contribution in [2.24, 2.45) is 5.41 Å². The zero-order valence-corrected chi connectivity index (χ0v) is 13.1. The van der Waals surface area contributed by atoms with Crippen LogP contribution in [0, 0.1) is 5.41 Å². The summed E-state index contributed by atoms with van der Waals surface area (Å²) in [5.41, 5.74) is 0.415. The number of hydrogen-bond acceptors (Lipinski definition) is 5. The van der Waals surface area contributed by atoms with Crippen LogP contribution in [0.3, 0.4) is 0 Å². The Morgan fingerprint density at radius 3 is 2.30 bits per heavy atom. The summed E-state index contributed by atoms with van der Waals surface area (Å²) < 4.78 is 0. The van der Waals surface area contributed by atoms with E-state index < -0.39 is 5.41 Å². The minimum absolute atomic E-state index is 0. The van der Waals surface area contributed by atoms with Crippen LogP contribution in [0.4, 0.5) is 11.4 Å². The van der Waals surface area contributed by atoms with Crippen LogP contribution >= 0.6 is 12.4 Å². The third-order valence-corrected chi connectivity index (χ3v) is 3.76. The van der Waals surface area contributed by atoms with Gasteiger partial charge in [0.15, 0.2) is 0 Å². The molecule has 2 amide bonds. The van der Waals surface area contributed by atoms with Crippen LogP contribution in [0.2, 0.25) is 0 Å². The highest BCUT2D eigenvalue weighted by Crippen LogP contribution is 2.31. The lowest BCUT2D eigenvalue weighted by Gasteiger charge is -2.25. The second kappa shape index (κ2) is 7.25. The van der Waals surface area contributed by atoms with E-state index in [2.05, 4.69) is 36.3 Å². The maximum Gasteiger partial charge on any atom is 0.232 e. The van der Waals surface area contributed by atoms with Gasteiger partial charge in [0.2, 0.25) is 11.8 Å². The number of nitrogens with one attached hydrogen (secondary N) is 5. The topological polar surface area (TPSA) is 128 Å². The smallest absolute Gasteiger partial charge is 0.232 e. The second-order valence-corrected chi connectivity index (χ2v) is 5.36. The minimum atomic E-state index is -0.759. The van der Waals surface area contributed by atoms with Crippen LogP contribution in [0.15, 0.2) is 24.8 Å². The Bertz CT molecular complexity index is 635. The molecule has 0 aliphatic carbocycles. The first kappa shape index (κ1) is 17.0. The Balaban J connectivity index is 0.00000192. The molecular formula is C13H18ClN7O2. The Labute approximate surface area is 138 Å². The molecule has 0 aromatic carbocycles. The van der Waals surface area contributed by atoms with E-state index in [0.29, 0.717) is 30.9 Å².